The van der Waals surface area contributed by atoms with Crippen molar-refractivity contribution in [3.63, 3.8) is 0 Å². The molecule has 7 nitrogen and oxygen atoms in total. The first-order valence-corrected chi connectivity index (χ1v) is 4.08. The highest BCUT2D eigenvalue weighted by Crippen LogP contribution is 2.27. The number of nitrogens with two attached hydrogens (primary N) is 1. The van der Waals surface area contributed by atoms with Gasteiger partial charge >= 0.3 is 5.69 Å². The molecule has 0 atom stereocenters. The molecule has 0 unspecified atom stereocenters. The van der Waals surface area contributed by atoms with Crippen molar-refractivity contribution in [2.75, 3.05) is 12.3 Å². The van der Waals surface area contributed by atoms with Gasteiger partial charge in [-0.25, -0.2) is 4.98 Å². The summed E-state index contributed by atoms with van der Waals surface area (Å²) in [6, 6.07) is 0. The van der Waals surface area contributed by atoms with Crippen molar-refractivity contribution in [1.29, 1.82) is 0 Å². The highest BCUT2D eigenvalue weighted by atomic mass is 16.6. The fourth-order valence-corrected chi connectivity index (χ4v) is 1.01. The van der Waals surface area contributed by atoms with E-state index in [2.05, 4.69) is 16.5 Å². The first-order chi connectivity index (χ1) is 7.06. The summed E-state index contributed by atoms with van der Waals surface area (Å²) in [7, 11) is 0. The van der Waals surface area contributed by atoms with Crippen LogP contribution in [-0.2, 0) is 0 Å². The van der Waals surface area contributed by atoms with Crippen LogP contribution in [-0.4, -0.2) is 21.5 Å². The normalized spacial score (nSPS) is 9.67. The zero-order chi connectivity index (χ0) is 11.4. The number of nitrogens with zero attached hydrogens (tertiary/aromatic N) is 3. The van der Waals surface area contributed by atoms with Crippen molar-refractivity contribution < 1.29 is 9.66 Å². The van der Waals surface area contributed by atoms with E-state index < -0.39 is 4.92 Å². The van der Waals surface area contributed by atoms with E-state index in [4.69, 9.17) is 10.5 Å². The van der Waals surface area contributed by atoms with Gasteiger partial charge in [-0.15, -0.1) is 0 Å². The summed E-state index contributed by atoms with van der Waals surface area (Å²) in [5, 5.41) is 10.7. The molecule has 0 spiro atoms. The average Bonchev–Trinajstić information content (AvgIpc) is 2.12. The Balaban J connectivity index is 3.20. The first kappa shape index (κ1) is 10.9. The van der Waals surface area contributed by atoms with E-state index in [9.17, 15) is 10.1 Å². The molecule has 0 amide bonds. The Morgan fingerprint density at radius 3 is 2.87 bits per heavy atom. The van der Waals surface area contributed by atoms with E-state index in [1.807, 2.05) is 0 Å². The van der Waals surface area contributed by atoms with Gasteiger partial charge in [-0.05, 0) is 6.92 Å². The lowest BCUT2D eigenvalue weighted by molar-refractivity contribution is -0.387. The van der Waals surface area contributed by atoms with Crippen LogP contribution in [0.5, 0.6) is 5.88 Å². The molecule has 0 bridgehead atoms. The van der Waals surface area contributed by atoms with Crippen LogP contribution in [0, 0.1) is 17.0 Å². The maximum atomic E-state index is 10.7. The predicted octanol–water partition coefficient (Wildman–Crippen LogP) is 0.840. The molecule has 2 N–H and O–H groups in total. The fourth-order valence-electron chi connectivity index (χ4n) is 1.01. The first-order valence-electron chi connectivity index (χ1n) is 4.08. The maximum Gasteiger partial charge on any atom is 0.352 e. The molecule has 0 aliphatic heterocycles. The van der Waals surface area contributed by atoms with Crippen LogP contribution in [0.2, 0.25) is 0 Å². The van der Waals surface area contributed by atoms with Gasteiger partial charge in [0.25, 0.3) is 5.88 Å². The third-order valence-electron chi connectivity index (χ3n) is 1.56. The Morgan fingerprint density at radius 1 is 1.67 bits per heavy atom. The van der Waals surface area contributed by atoms with Gasteiger partial charge < -0.3 is 10.5 Å². The second-order valence-electron chi connectivity index (χ2n) is 2.68. The quantitative estimate of drug-likeness (QED) is 0.448. The molecule has 1 aromatic rings. The second-order valence-corrected chi connectivity index (χ2v) is 2.68. The van der Waals surface area contributed by atoms with Crippen LogP contribution in [0.15, 0.2) is 12.7 Å². The third-order valence-corrected chi connectivity index (χ3v) is 1.56. The lowest BCUT2D eigenvalue weighted by Crippen LogP contribution is -2.06. The van der Waals surface area contributed by atoms with Gasteiger partial charge in [-0.3, -0.25) is 10.1 Å². The molecule has 0 aliphatic rings. The van der Waals surface area contributed by atoms with Crippen LogP contribution < -0.4 is 10.5 Å². The molecule has 0 aromatic carbocycles. The molecular formula is C8H10N4O3. The molecular weight excluding hydrogens is 200 g/mol. The summed E-state index contributed by atoms with van der Waals surface area (Å²) in [5.41, 5.74) is 5.25. The number of aryl methyl sites for hydroxylation is 1. The standard InChI is InChI=1S/C8H10N4O3/c1-3-4-15-7-6(12(13)14)5(2)10-8(9)11-7/h3H,1,4H2,2H3,(H2,9,10,11). The van der Waals surface area contributed by atoms with Crippen molar-refractivity contribution in [1.82, 2.24) is 9.97 Å². The van der Waals surface area contributed by atoms with Crippen LogP contribution in [0.25, 0.3) is 0 Å². The number of hydrogen-bond donors (Lipinski definition) is 1. The van der Waals surface area contributed by atoms with Gasteiger partial charge in [0.15, 0.2) is 0 Å². The summed E-state index contributed by atoms with van der Waals surface area (Å²) in [5.74, 6) is -0.193. The minimum absolute atomic E-state index is 0.0582. The number of nitro groups is 1. The summed E-state index contributed by atoms with van der Waals surface area (Å²) >= 11 is 0. The molecule has 0 aliphatic carbocycles. The number of aromatic nitrogens is 2. The van der Waals surface area contributed by atoms with Gasteiger partial charge in [-0.1, -0.05) is 12.7 Å². The summed E-state index contributed by atoms with van der Waals surface area (Å²) in [6.45, 7) is 5.02. The fraction of sp³-hybridized carbons (Fsp3) is 0.250. The Kier molecular flexibility index (Phi) is 3.17. The van der Waals surface area contributed by atoms with Crippen molar-refractivity contribution in [2.45, 2.75) is 6.92 Å². The maximum absolute atomic E-state index is 10.7. The average molecular weight is 210 g/mol. The lowest BCUT2D eigenvalue weighted by atomic mass is 10.3. The smallest absolute Gasteiger partial charge is 0.352 e. The Bertz CT molecular complexity index is 405. The lowest BCUT2D eigenvalue weighted by Gasteiger charge is -2.05. The molecule has 80 valence electrons. The van der Waals surface area contributed by atoms with Crippen LogP contribution in [0.4, 0.5) is 11.6 Å². The zero-order valence-corrected chi connectivity index (χ0v) is 8.14. The second kappa shape index (κ2) is 4.36. The third kappa shape index (κ3) is 2.39. The molecule has 15 heavy (non-hydrogen) atoms. The van der Waals surface area contributed by atoms with Gasteiger partial charge in [0.2, 0.25) is 5.95 Å². The molecule has 0 radical (unpaired) electrons. The van der Waals surface area contributed by atoms with Crippen molar-refractivity contribution in [2.24, 2.45) is 0 Å². The number of ether oxygens (including phenoxy) is 1. The van der Waals surface area contributed by atoms with E-state index in [0.717, 1.165) is 0 Å². The Morgan fingerprint density at radius 2 is 2.33 bits per heavy atom. The number of hydrogen-bond acceptors (Lipinski definition) is 6. The Hall–Kier alpha value is -2.18. The topological polar surface area (TPSA) is 104 Å². The molecule has 0 saturated carbocycles. The van der Waals surface area contributed by atoms with Gasteiger partial charge in [0.05, 0.1) is 4.92 Å². The zero-order valence-electron chi connectivity index (χ0n) is 8.14. The number of nitrogen functional groups attached to an aromatic ring is 1. The van der Waals surface area contributed by atoms with Crippen molar-refractivity contribution in [3.8, 4) is 5.88 Å². The minimum atomic E-state index is -0.604. The van der Waals surface area contributed by atoms with Gasteiger partial charge in [-0.2, -0.15) is 4.98 Å². The Labute approximate surface area is 85.7 Å². The highest BCUT2D eigenvalue weighted by Gasteiger charge is 2.22. The summed E-state index contributed by atoms with van der Waals surface area (Å²) in [6.07, 6.45) is 1.46. The summed E-state index contributed by atoms with van der Waals surface area (Å²) in [4.78, 5) is 17.4. The number of anilines is 1. The van der Waals surface area contributed by atoms with E-state index in [1.54, 1.807) is 0 Å². The highest BCUT2D eigenvalue weighted by molar-refractivity contribution is 5.47. The SMILES string of the molecule is C=CCOc1nc(N)nc(C)c1[N+](=O)[O-]. The minimum Gasteiger partial charge on any atom is -0.468 e. The van der Waals surface area contributed by atoms with E-state index in [-0.39, 0.29) is 29.8 Å². The van der Waals surface area contributed by atoms with E-state index >= 15 is 0 Å². The van der Waals surface area contributed by atoms with E-state index in [0.29, 0.717) is 0 Å². The largest absolute Gasteiger partial charge is 0.468 e. The molecule has 7 heteroatoms. The summed E-state index contributed by atoms with van der Waals surface area (Å²) < 4.78 is 5.02. The molecule has 0 saturated heterocycles. The predicted molar refractivity (Wildman–Crippen MR) is 53.5 cm³/mol. The van der Waals surface area contributed by atoms with E-state index in [1.165, 1.54) is 13.0 Å². The van der Waals surface area contributed by atoms with Crippen LogP contribution in [0.3, 0.4) is 0 Å². The van der Waals surface area contributed by atoms with Crippen LogP contribution in [0.1, 0.15) is 5.69 Å². The van der Waals surface area contributed by atoms with Crippen LogP contribution >= 0.6 is 0 Å². The monoisotopic (exact) mass is 210 g/mol. The van der Waals surface area contributed by atoms with Gasteiger partial charge in [0.1, 0.15) is 12.3 Å². The molecule has 1 heterocycles. The molecule has 0 fully saturated rings. The van der Waals surface area contributed by atoms with Crippen molar-refractivity contribution >= 4 is 11.6 Å². The molecule has 1 aromatic heterocycles. The van der Waals surface area contributed by atoms with Crippen molar-refractivity contribution in [3.05, 3.63) is 28.5 Å². The molecule has 1 rings (SSSR count). The number of rotatable bonds is 4. The van der Waals surface area contributed by atoms with Gasteiger partial charge in [0, 0.05) is 0 Å².